The Morgan fingerprint density at radius 1 is 1.43 bits per heavy atom. The van der Waals surface area contributed by atoms with Crippen LogP contribution in [0.1, 0.15) is 19.8 Å². The van der Waals surface area contributed by atoms with Gasteiger partial charge in [0.25, 0.3) is 5.69 Å². The normalized spacial score (nSPS) is 20.7. The SMILES string of the molecule is CCNc1cc([N+](=O)[O-])cc(NC2CCCS(=O)(=O)C2)n1. The Morgan fingerprint density at radius 3 is 2.76 bits per heavy atom. The highest BCUT2D eigenvalue weighted by Gasteiger charge is 2.25. The van der Waals surface area contributed by atoms with Crippen LogP contribution in [0.4, 0.5) is 17.3 Å². The number of nitro groups is 1. The van der Waals surface area contributed by atoms with E-state index in [9.17, 15) is 18.5 Å². The van der Waals surface area contributed by atoms with Crippen LogP contribution in [0, 0.1) is 10.1 Å². The summed E-state index contributed by atoms with van der Waals surface area (Å²) in [6.45, 7) is 2.45. The van der Waals surface area contributed by atoms with E-state index in [2.05, 4.69) is 15.6 Å². The minimum atomic E-state index is -3.04. The first kappa shape index (κ1) is 15.5. The van der Waals surface area contributed by atoms with E-state index >= 15 is 0 Å². The monoisotopic (exact) mass is 314 g/mol. The first-order chi connectivity index (χ1) is 9.89. The second kappa shape index (κ2) is 6.25. The lowest BCUT2D eigenvalue weighted by atomic mass is 10.2. The topological polar surface area (TPSA) is 114 Å². The molecular weight excluding hydrogens is 296 g/mol. The Bertz CT molecular complexity index is 632. The number of aromatic nitrogens is 1. The third-order valence-electron chi connectivity index (χ3n) is 3.19. The molecule has 0 radical (unpaired) electrons. The van der Waals surface area contributed by atoms with Gasteiger partial charge in [0.1, 0.15) is 11.6 Å². The van der Waals surface area contributed by atoms with Crippen molar-refractivity contribution in [2.75, 3.05) is 28.7 Å². The molecule has 0 aromatic carbocycles. The van der Waals surface area contributed by atoms with Crippen LogP contribution in [0.3, 0.4) is 0 Å². The highest BCUT2D eigenvalue weighted by molar-refractivity contribution is 7.91. The molecular formula is C12H18N4O4S. The number of anilines is 2. The number of pyridine rings is 1. The van der Waals surface area contributed by atoms with Crippen molar-refractivity contribution < 1.29 is 13.3 Å². The Labute approximate surface area is 123 Å². The Hall–Kier alpha value is -1.90. The van der Waals surface area contributed by atoms with Crippen LogP contribution < -0.4 is 10.6 Å². The smallest absolute Gasteiger partial charge is 0.276 e. The average Bonchev–Trinajstić information content (AvgIpc) is 2.37. The summed E-state index contributed by atoms with van der Waals surface area (Å²) >= 11 is 0. The van der Waals surface area contributed by atoms with Crippen LogP contribution in [0.2, 0.25) is 0 Å². The standard InChI is InChI=1S/C12H18N4O4S/c1-2-13-11-6-10(16(17)18)7-12(15-11)14-9-4-3-5-21(19,20)8-9/h6-7,9H,2-5,8H2,1H3,(H2,13,14,15). The summed E-state index contributed by atoms with van der Waals surface area (Å²) in [5.41, 5.74) is -0.0814. The molecule has 1 aromatic heterocycles. The fraction of sp³-hybridized carbons (Fsp3) is 0.583. The summed E-state index contributed by atoms with van der Waals surface area (Å²) in [4.78, 5) is 14.7. The largest absolute Gasteiger partial charge is 0.370 e. The van der Waals surface area contributed by atoms with Crippen molar-refractivity contribution in [2.24, 2.45) is 0 Å². The van der Waals surface area contributed by atoms with Crippen molar-refractivity contribution in [3.63, 3.8) is 0 Å². The molecule has 116 valence electrons. The molecule has 0 bridgehead atoms. The zero-order valence-electron chi connectivity index (χ0n) is 11.7. The van der Waals surface area contributed by atoms with Crippen molar-refractivity contribution in [3.05, 3.63) is 22.2 Å². The van der Waals surface area contributed by atoms with Crippen LogP contribution in [0.15, 0.2) is 12.1 Å². The quantitative estimate of drug-likeness (QED) is 0.623. The third-order valence-corrected chi connectivity index (χ3v) is 5.01. The van der Waals surface area contributed by atoms with E-state index < -0.39 is 14.8 Å². The molecule has 1 aliphatic rings. The maximum Gasteiger partial charge on any atom is 0.276 e. The van der Waals surface area contributed by atoms with Gasteiger partial charge in [-0.05, 0) is 19.8 Å². The summed E-state index contributed by atoms with van der Waals surface area (Å²) in [6.07, 6.45) is 1.30. The van der Waals surface area contributed by atoms with Gasteiger partial charge in [-0.3, -0.25) is 10.1 Å². The van der Waals surface area contributed by atoms with Gasteiger partial charge in [0.2, 0.25) is 0 Å². The van der Waals surface area contributed by atoms with E-state index in [0.717, 1.165) is 0 Å². The number of hydrogen-bond donors (Lipinski definition) is 2. The van der Waals surface area contributed by atoms with Gasteiger partial charge in [-0.25, -0.2) is 13.4 Å². The minimum Gasteiger partial charge on any atom is -0.370 e. The highest BCUT2D eigenvalue weighted by Crippen LogP contribution is 2.23. The maximum absolute atomic E-state index is 11.6. The fourth-order valence-electron chi connectivity index (χ4n) is 2.31. The first-order valence-corrected chi connectivity index (χ1v) is 8.59. The zero-order valence-corrected chi connectivity index (χ0v) is 12.5. The maximum atomic E-state index is 11.6. The lowest BCUT2D eigenvalue weighted by Gasteiger charge is -2.23. The summed E-state index contributed by atoms with van der Waals surface area (Å²) < 4.78 is 23.2. The third kappa shape index (κ3) is 4.28. The summed E-state index contributed by atoms with van der Waals surface area (Å²) in [5.74, 6) is 0.958. The van der Waals surface area contributed by atoms with Crippen molar-refractivity contribution >= 4 is 27.2 Å². The molecule has 1 unspecified atom stereocenters. The lowest BCUT2D eigenvalue weighted by molar-refractivity contribution is -0.384. The van der Waals surface area contributed by atoms with Crippen LogP contribution in [-0.4, -0.2) is 42.4 Å². The molecule has 2 rings (SSSR count). The van der Waals surface area contributed by atoms with Gasteiger partial charge in [0.05, 0.1) is 28.6 Å². The molecule has 0 amide bonds. The van der Waals surface area contributed by atoms with E-state index in [1.54, 1.807) is 0 Å². The van der Waals surface area contributed by atoms with E-state index in [1.165, 1.54) is 12.1 Å². The molecule has 2 heterocycles. The molecule has 0 spiro atoms. The second-order valence-corrected chi connectivity index (χ2v) is 7.21. The Kier molecular flexibility index (Phi) is 4.61. The van der Waals surface area contributed by atoms with Crippen LogP contribution in [-0.2, 0) is 9.84 Å². The second-order valence-electron chi connectivity index (χ2n) is 4.98. The molecule has 1 aromatic rings. The molecule has 1 atom stereocenters. The van der Waals surface area contributed by atoms with Crippen LogP contribution in [0.5, 0.6) is 0 Å². The first-order valence-electron chi connectivity index (χ1n) is 6.77. The number of rotatable bonds is 5. The summed E-state index contributed by atoms with van der Waals surface area (Å²) in [6, 6.07) is 2.42. The predicted molar refractivity (Wildman–Crippen MR) is 80.4 cm³/mol. The fourth-order valence-corrected chi connectivity index (χ4v) is 3.95. The van der Waals surface area contributed by atoms with E-state index in [4.69, 9.17) is 0 Å². The molecule has 8 nitrogen and oxygen atoms in total. The highest BCUT2D eigenvalue weighted by atomic mass is 32.2. The molecule has 2 N–H and O–H groups in total. The van der Waals surface area contributed by atoms with E-state index in [0.29, 0.717) is 31.0 Å². The number of sulfone groups is 1. The number of nitrogens with zero attached hydrogens (tertiary/aromatic N) is 2. The molecule has 9 heteroatoms. The van der Waals surface area contributed by atoms with Crippen molar-refractivity contribution in [3.8, 4) is 0 Å². The van der Waals surface area contributed by atoms with Gasteiger partial charge in [0, 0.05) is 12.6 Å². The van der Waals surface area contributed by atoms with Crippen molar-refractivity contribution in [1.29, 1.82) is 0 Å². The molecule has 1 aliphatic heterocycles. The molecule has 1 fully saturated rings. The molecule has 1 saturated heterocycles. The summed E-state index contributed by atoms with van der Waals surface area (Å²) in [5, 5.41) is 16.8. The van der Waals surface area contributed by atoms with Gasteiger partial charge >= 0.3 is 0 Å². The minimum absolute atomic E-state index is 0.0356. The van der Waals surface area contributed by atoms with Crippen molar-refractivity contribution in [1.82, 2.24) is 4.98 Å². The van der Waals surface area contributed by atoms with Crippen molar-refractivity contribution in [2.45, 2.75) is 25.8 Å². The van der Waals surface area contributed by atoms with E-state index in [1.807, 2.05) is 6.92 Å². The van der Waals surface area contributed by atoms with Crippen LogP contribution >= 0.6 is 0 Å². The predicted octanol–water partition coefficient (Wildman–Crippen LogP) is 1.41. The van der Waals surface area contributed by atoms with Gasteiger partial charge in [-0.1, -0.05) is 0 Å². The van der Waals surface area contributed by atoms with E-state index in [-0.39, 0.29) is 23.2 Å². The number of hydrogen-bond acceptors (Lipinski definition) is 7. The zero-order chi connectivity index (χ0) is 15.5. The Morgan fingerprint density at radius 2 is 2.14 bits per heavy atom. The van der Waals surface area contributed by atoms with Crippen LogP contribution in [0.25, 0.3) is 0 Å². The Balaban J connectivity index is 2.20. The molecule has 0 aliphatic carbocycles. The van der Waals surface area contributed by atoms with Gasteiger partial charge in [-0.2, -0.15) is 0 Å². The van der Waals surface area contributed by atoms with Gasteiger partial charge < -0.3 is 10.6 Å². The number of nitrogens with one attached hydrogen (secondary N) is 2. The van der Waals surface area contributed by atoms with Gasteiger partial charge in [0.15, 0.2) is 9.84 Å². The average molecular weight is 314 g/mol. The lowest BCUT2D eigenvalue weighted by Crippen LogP contribution is -2.35. The van der Waals surface area contributed by atoms with Gasteiger partial charge in [-0.15, -0.1) is 0 Å². The summed E-state index contributed by atoms with van der Waals surface area (Å²) in [7, 11) is -3.04. The molecule has 21 heavy (non-hydrogen) atoms. The molecule has 0 saturated carbocycles.